The molecule has 3 rings (SSSR count). The van der Waals surface area contributed by atoms with Gasteiger partial charge in [0.1, 0.15) is 23.1 Å². The van der Waals surface area contributed by atoms with Crippen LogP contribution in [0.1, 0.15) is 30.3 Å². The zero-order valence-corrected chi connectivity index (χ0v) is 14.3. The summed E-state index contributed by atoms with van der Waals surface area (Å²) in [7, 11) is 3.27. The minimum absolute atomic E-state index is 0.429. The number of ether oxygens (including phenoxy) is 3. The summed E-state index contributed by atoms with van der Waals surface area (Å²) in [5.74, 6) is 3.41. The average molecular weight is 329 g/mol. The molecule has 6 heteroatoms. The fraction of sp³-hybridized carbons (Fsp3) is 0.444. The quantitative estimate of drug-likeness (QED) is 0.906. The number of nitrogens with one attached hydrogen (secondary N) is 1. The summed E-state index contributed by atoms with van der Waals surface area (Å²) in [5, 5.41) is 3.33. The molecule has 2 aromatic rings. The van der Waals surface area contributed by atoms with Crippen LogP contribution in [0.25, 0.3) is 0 Å². The summed E-state index contributed by atoms with van der Waals surface area (Å²) in [4.78, 5) is 9.11. The molecule has 1 fully saturated rings. The minimum Gasteiger partial charge on any atom is -0.497 e. The molecule has 0 unspecified atom stereocenters. The zero-order chi connectivity index (χ0) is 16.9. The number of aryl methyl sites for hydroxylation is 1. The van der Waals surface area contributed by atoms with Crippen LogP contribution in [0.2, 0.25) is 0 Å². The number of hydrogen-bond donors (Lipinski definition) is 1. The number of nitrogens with zero attached hydrogens (tertiary/aromatic N) is 2. The van der Waals surface area contributed by atoms with E-state index in [1.165, 1.54) is 0 Å². The van der Waals surface area contributed by atoms with Gasteiger partial charge in [-0.2, -0.15) is 0 Å². The molecule has 128 valence electrons. The number of anilines is 2. The lowest BCUT2D eigenvalue weighted by molar-refractivity contribution is 0.0844. The van der Waals surface area contributed by atoms with E-state index in [0.717, 1.165) is 54.8 Å². The van der Waals surface area contributed by atoms with Gasteiger partial charge in [0.25, 0.3) is 0 Å². The van der Waals surface area contributed by atoms with E-state index in [4.69, 9.17) is 14.2 Å². The maximum absolute atomic E-state index is 5.44. The van der Waals surface area contributed by atoms with Crippen molar-refractivity contribution in [1.82, 2.24) is 9.97 Å². The van der Waals surface area contributed by atoms with Crippen molar-refractivity contribution in [3.63, 3.8) is 0 Å². The van der Waals surface area contributed by atoms with E-state index in [2.05, 4.69) is 15.3 Å². The monoisotopic (exact) mass is 329 g/mol. The predicted molar refractivity (Wildman–Crippen MR) is 92.4 cm³/mol. The van der Waals surface area contributed by atoms with Gasteiger partial charge in [-0.05, 0) is 31.9 Å². The van der Waals surface area contributed by atoms with E-state index in [-0.39, 0.29) is 0 Å². The van der Waals surface area contributed by atoms with Gasteiger partial charge in [0.05, 0.1) is 19.9 Å². The second-order valence-corrected chi connectivity index (χ2v) is 5.80. The van der Waals surface area contributed by atoms with Crippen molar-refractivity contribution in [3.05, 3.63) is 35.8 Å². The molecule has 1 aliphatic rings. The van der Waals surface area contributed by atoms with Gasteiger partial charge < -0.3 is 19.5 Å². The molecular formula is C18H23N3O3. The lowest BCUT2D eigenvalue weighted by Crippen LogP contribution is -2.16. The molecule has 1 N–H and O–H groups in total. The molecule has 0 amide bonds. The Kier molecular flexibility index (Phi) is 5.15. The van der Waals surface area contributed by atoms with Gasteiger partial charge in [-0.1, -0.05) is 0 Å². The third kappa shape index (κ3) is 3.76. The first-order valence-electron chi connectivity index (χ1n) is 8.12. The van der Waals surface area contributed by atoms with E-state index < -0.39 is 0 Å². The highest BCUT2D eigenvalue weighted by Gasteiger charge is 2.18. The van der Waals surface area contributed by atoms with E-state index >= 15 is 0 Å². The lowest BCUT2D eigenvalue weighted by Gasteiger charge is -2.22. The SMILES string of the molecule is COc1ccc(Nc2cc(C3CCOCC3)nc(C)n2)c(OC)c1. The normalized spacial score (nSPS) is 15.1. The molecule has 1 saturated heterocycles. The van der Waals surface area contributed by atoms with Crippen LogP contribution in [0.15, 0.2) is 24.3 Å². The molecule has 0 spiro atoms. The van der Waals surface area contributed by atoms with Crippen molar-refractivity contribution in [2.75, 3.05) is 32.8 Å². The molecule has 0 bridgehead atoms. The van der Waals surface area contributed by atoms with Crippen molar-refractivity contribution in [3.8, 4) is 11.5 Å². The highest BCUT2D eigenvalue weighted by Crippen LogP contribution is 2.32. The Hall–Kier alpha value is -2.34. The summed E-state index contributed by atoms with van der Waals surface area (Å²) in [6.45, 7) is 3.50. The molecule has 1 aromatic heterocycles. The van der Waals surface area contributed by atoms with Gasteiger partial charge in [0.15, 0.2) is 0 Å². The molecule has 1 aliphatic heterocycles. The maximum atomic E-state index is 5.44. The van der Waals surface area contributed by atoms with E-state index in [1.54, 1.807) is 14.2 Å². The first-order chi connectivity index (χ1) is 11.7. The first kappa shape index (κ1) is 16.5. The molecule has 0 radical (unpaired) electrons. The van der Waals surface area contributed by atoms with Crippen molar-refractivity contribution in [2.24, 2.45) is 0 Å². The molecule has 6 nitrogen and oxygen atoms in total. The van der Waals surface area contributed by atoms with Crippen LogP contribution >= 0.6 is 0 Å². The largest absolute Gasteiger partial charge is 0.497 e. The highest BCUT2D eigenvalue weighted by molar-refractivity contribution is 5.66. The summed E-state index contributed by atoms with van der Waals surface area (Å²) in [5.41, 5.74) is 1.91. The molecule has 0 atom stereocenters. The Bertz CT molecular complexity index is 700. The minimum atomic E-state index is 0.429. The van der Waals surface area contributed by atoms with Gasteiger partial charge >= 0.3 is 0 Å². The number of hydrogen-bond acceptors (Lipinski definition) is 6. The van der Waals surface area contributed by atoms with Crippen LogP contribution in [0.5, 0.6) is 11.5 Å². The van der Waals surface area contributed by atoms with Crippen LogP contribution in [-0.2, 0) is 4.74 Å². The molecular weight excluding hydrogens is 306 g/mol. The van der Waals surface area contributed by atoms with E-state index in [1.807, 2.05) is 31.2 Å². The number of methoxy groups -OCH3 is 2. The fourth-order valence-corrected chi connectivity index (χ4v) is 2.90. The standard InChI is InChI=1S/C18H23N3O3/c1-12-19-16(13-6-8-24-9-7-13)11-18(20-12)21-15-5-4-14(22-2)10-17(15)23-3/h4-5,10-11,13H,6-9H2,1-3H3,(H,19,20,21). The summed E-state index contributed by atoms with van der Waals surface area (Å²) >= 11 is 0. The average Bonchev–Trinajstić information content (AvgIpc) is 2.62. The van der Waals surface area contributed by atoms with Gasteiger partial charge in [0, 0.05) is 37.0 Å². The Morgan fingerprint density at radius 1 is 1.08 bits per heavy atom. The van der Waals surface area contributed by atoms with Gasteiger partial charge in [0.2, 0.25) is 0 Å². The first-order valence-corrected chi connectivity index (χ1v) is 8.12. The van der Waals surface area contributed by atoms with Crippen LogP contribution in [-0.4, -0.2) is 37.4 Å². The molecule has 24 heavy (non-hydrogen) atoms. The van der Waals surface area contributed by atoms with Crippen molar-refractivity contribution < 1.29 is 14.2 Å². The topological polar surface area (TPSA) is 65.5 Å². The smallest absolute Gasteiger partial charge is 0.146 e. The third-order valence-corrected chi connectivity index (χ3v) is 4.17. The Balaban J connectivity index is 1.86. The van der Waals surface area contributed by atoms with Gasteiger partial charge in [-0.15, -0.1) is 0 Å². The number of benzene rings is 1. The predicted octanol–water partition coefficient (Wildman–Crippen LogP) is 3.44. The summed E-state index contributed by atoms with van der Waals surface area (Å²) < 4.78 is 16.1. The van der Waals surface area contributed by atoms with Gasteiger partial charge in [-0.3, -0.25) is 0 Å². The molecule has 2 heterocycles. The van der Waals surface area contributed by atoms with Crippen molar-refractivity contribution in [2.45, 2.75) is 25.7 Å². The van der Waals surface area contributed by atoms with Crippen LogP contribution in [0.3, 0.4) is 0 Å². The zero-order valence-electron chi connectivity index (χ0n) is 14.3. The Labute approximate surface area is 142 Å². The molecule has 1 aromatic carbocycles. The fourth-order valence-electron chi connectivity index (χ4n) is 2.90. The number of rotatable bonds is 5. The second-order valence-electron chi connectivity index (χ2n) is 5.80. The van der Waals surface area contributed by atoms with E-state index in [0.29, 0.717) is 11.7 Å². The maximum Gasteiger partial charge on any atom is 0.146 e. The summed E-state index contributed by atoms with van der Waals surface area (Å²) in [6, 6.07) is 7.67. The Morgan fingerprint density at radius 2 is 1.88 bits per heavy atom. The third-order valence-electron chi connectivity index (χ3n) is 4.17. The van der Waals surface area contributed by atoms with Crippen LogP contribution in [0.4, 0.5) is 11.5 Å². The second kappa shape index (κ2) is 7.49. The van der Waals surface area contributed by atoms with Crippen molar-refractivity contribution >= 4 is 11.5 Å². The summed E-state index contributed by atoms with van der Waals surface area (Å²) in [6.07, 6.45) is 2.00. The lowest BCUT2D eigenvalue weighted by atomic mass is 9.96. The molecule has 0 aliphatic carbocycles. The number of aromatic nitrogens is 2. The highest BCUT2D eigenvalue weighted by atomic mass is 16.5. The van der Waals surface area contributed by atoms with Crippen LogP contribution in [0, 0.1) is 6.92 Å². The van der Waals surface area contributed by atoms with Crippen LogP contribution < -0.4 is 14.8 Å². The van der Waals surface area contributed by atoms with Gasteiger partial charge in [-0.25, -0.2) is 9.97 Å². The molecule has 0 saturated carbocycles. The van der Waals surface area contributed by atoms with Crippen molar-refractivity contribution in [1.29, 1.82) is 0 Å². The Morgan fingerprint density at radius 3 is 2.58 bits per heavy atom. The van der Waals surface area contributed by atoms with E-state index in [9.17, 15) is 0 Å².